The van der Waals surface area contributed by atoms with Gasteiger partial charge in [-0.2, -0.15) is 0 Å². The van der Waals surface area contributed by atoms with E-state index in [1.54, 1.807) is 24.3 Å². The number of hydrogen-bond acceptors (Lipinski definition) is 1. The van der Waals surface area contributed by atoms with Gasteiger partial charge in [0.1, 0.15) is 0 Å². The zero-order valence-corrected chi connectivity index (χ0v) is 12.4. The van der Waals surface area contributed by atoms with Crippen LogP contribution in [0.4, 0.5) is 5.69 Å². The molecule has 4 heteroatoms. The highest BCUT2D eigenvalue weighted by molar-refractivity contribution is 6.42. The molecule has 2 aromatic rings. The molecule has 2 aromatic carbocycles. The summed E-state index contributed by atoms with van der Waals surface area (Å²) in [7, 11) is 0. The second kappa shape index (κ2) is 6.60. The molecule has 2 rings (SSSR count). The molecular weight excluding hydrogens is 293 g/mol. The number of benzene rings is 2. The van der Waals surface area contributed by atoms with Gasteiger partial charge in [0.15, 0.2) is 0 Å². The number of halogens is 2. The fraction of sp³-hybridized carbons (Fsp3) is 0.0625. The minimum Gasteiger partial charge on any atom is -0.322 e. The summed E-state index contributed by atoms with van der Waals surface area (Å²) in [6.07, 6.45) is 3.08. The molecule has 1 amide bonds. The van der Waals surface area contributed by atoms with Gasteiger partial charge in [0, 0.05) is 11.8 Å². The van der Waals surface area contributed by atoms with Gasteiger partial charge in [-0.3, -0.25) is 4.79 Å². The summed E-state index contributed by atoms with van der Waals surface area (Å²) >= 11 is 12.0. The van der Waals surface area contributed by atoms with Crippen molar-refractivity contribution in [1.29, 1.82) is 0 Å². The molecule has 0 fully saturated rings. The highest BCUT2D eigenvalue weighted by Crippen LogP contribution is 2.26. The highest BCUT2D eigenvalue weighted by atomic mass is 35.5. The Morgan fingerprint density at radius 3 is 2.60 bits per heavy atom. The Balaban J connectivity index is 2.10. The lowest BCUT2D eigenvalue weighted by Crippen LogP contribution is -2.08. The lowest BCUT2D eigenvalue weighted by atomic mass is 10.2. The quantitative estimate of drug-likeness (QED) is 0.798. The van der Waals surface area contributed by atoms with E-state index < -0.39 is 0 Å². The summed E-state index contributed by atoms with van der Waals surface area (Å²) in [4.78, 5) is 11.9. The standard InChI is InChI=1S/C16H13Cl2NO/c1-11-5-2-3-8-14(11)19-15(20)10-9-12-6-4-7-13(17)16(12)18/h2-10H,1H3,(H,19,20)/b10-9+. The second-order valence-corrected chi connectivity index (χ2v) is 5.07. The molecule has 0 aliphatic rings. The van der Waals surface area contributed by atoms with Crippen molar-refractivity contribution in [2.75, 3.05) is 5.32 Å². The molecule has 102 valence electrons. The van der Waals surface area contributed by atoms with Crippen molar-refractivity contribution in [1.82, 2.24) is 0 Å². The fourth-order valence-electron chi connectivity index (χ4n) is 1.70. The van der Waals surface area contributed by atoms with Crippen LogP contribution in [0.1, 0.15) is 11.1 Å². The molecule has 0 saturated carbocycles. The minimum absolute atomic E-state index is 0.213. The van der Waals surface area contributed by atoms with Crippen molar-refractivity contribution in [3.63, 3.8) is 0 Å². The maximum atomic E-state index is 11.9. The average Bonchev–Trinajstić information content (AvgIpc) is 2.43. The first-order chi connectivity index (χ1) is 9.58. The van der Waals surface area contributed by atoms with Gasteiger partial charge < -0.3 is 5.32 Å². The van der Waals surface area contributed by atoms with Gasteiger partial charge in [-0.05, 0) is 36.3 Å². The molecule has 0 bridgehead atoms. The Morgan fingerprint density at radius 2 is 1.85 bits per heavy atom. The van der Waals surface area contributed by atoms with E-state index in [9.17, 15) is 4.79 Å². The average molecular weight is 306 g/mol. The topological polar surface area (TPSA) is 29.1 Å². The summed E-state index contributed by atoms with van der Waals surface area (Å²) < 4.78 is 0. The summed E-state index contributed by atoms with van der Waals surface area (Å²) in [6, 6.07) is 12.9. The Hall–Kier alpha value is -1.77. The van der Waals surface area contributed by atoms with E-state index >= 15 is 0 Å². The SMILES string of the molecule is Cc1ccccc1NC(=O)/C=C/c1cccc(Cl)c1Cl. The van der Waals surface area contributed by atoms with Crippen molar-refractivity contribution in [2.45, 2.75) is 6.92 Å². The first-order valence-corrected chi connectivity index (χ1v) is 6.82. The van der Waals surface area contributed by atoms with Crippen molar-refractivity contribution in [2.24, 2.45) is 0 Å². The molecule has 20 heavy (non-hydrogen) atoms. The van der Waals surface area contributed by atoms with Gasteiger partial charge >= 0.3 is 0 Å². The predicted molar refractivity (Wildman–Crippen MR) is 85.3 cm³/mol. The largest absolute Gasteiger partial charge is 0.322 e. The molecular formula is C16H13Cl2NO. The highest BCUT2D eigenvalue weighted by Gasteiger charge is 2.03. The predicted octanol–water partition coefficient (Wildman–Crippen LogP) is 4.95. The van der Waals surface area contributed by atoms with Crippen LogP contribution in [0.25, 0.3) is 6.08 Å². The van der Waals surface area contributed by atoms with Crippen LogP contribution < -0.4 is 5.32 Å². The van der Waals surface area contributed by atoms with E-state index in [1.807, 2.05) is 31.2 Å². The second-order valence-electron chi connectivity index (χ2n) is 4.28. The maximum Gasteiger partial charge on any atom is 0.248 e. The van der Waals surface area contributed by atoms with E-state index in [1.165, 1.54) is 6.08 Å². The Morgan fingerprint density at radius 1 is 1.10 bits per heavy atom. The Labute approximate surface area is 128 Å². The van der Waals surface area contributed by atoms with Crippen LogP contribution in [0, 0.1) is 6.92 Å². The summed E-state index contributed by atoms with van der Waals surface area (Å²) in [5.74, 6) is -0.213. The monoisotopic (exact) mass is 305 g/mol. The van der Waals surface area contributed by atoms with Gasteiger partial charge in [0.25, 0.3) is 0 Å². The molecule has 0 heterocycles. The molecule has 1 N–H and O–H groups in total. The van der Waals surface area contributed by atoms with Crippen LogP contribution in [0.5, 0.6) is 0 Å². The van der Waals surface area contributed by atoms with E-state index in [0.29, 0.717) is 15.6 Å². The number of hydrogen-bond donors (Lipinski definition) is 1. The molecule has 0 saturated heterocycles. The molecule has 0 aliphatic heterocycles. The third kappa shape index (κ3) is 3.62. The van der Waals surface area contributed by atoms with Crippen LogP contribution in [0.2, 0.25) is 10.0 Å². The van der Waals surface area contributed by atoms with Gasteiger partial charge in [0.05, 0.1) is 10.0 Å². The van der Waals surface area contributed by atoms with Gasteiger partial charge in [-0.15, -0.1) is 0 Å². The van der Waals surface area contributed by atoms with Crippen molar-refractivity contribution in [3.8, 4) is 0 Å². The van der Waals surface area contributed by atoms with Gasteiger partial charge in [-0.25, -0.2) is 0 Å². The zero-order chi connectivity index (χ0) is 14.5. The van der Waals surface area contributed by atoms with Crippen LogP contribution in [-0.4, -0.2) is 5.91 Å². The molecule has 0 spiro atoms. The molecule has 2 nitrogen and oxygen atoms in total. The van der Waals surface area contributed by atoms with Crippen LogP contribution >= 0.6 is 23.2 Å². The number of amides is 1. The van der Waals surface area contributed by atoms with E-state index in [0.717, 1.165) is 11.3 Å². The van der Waals surface area contributed by atoms with Crippen molar-refractivity contribution < 1.29 is 4.79 Å². The number of rotatable bonds is 3. The number of carbonyl (C=O) groups is 1. The van der Waals surface area contributed by atoms with Crippen LogP contribution in [0.15, 0.2) is 48.5 Å². The van der Waals surface area contributed by atoms with Gasteiger partial charge in [0.2, 0.25) is 5.91 Å². The smallest absolute Gasteiger partial charge is 0.248 e. The van der Waals surface area contributed by atoms with E-state index in [2.05, 4.69) is 5.32 Å². The van der Waals surface area contributed by atoms with Crippen LogP contribution in [-0.2, 0) is 4.79 Å². The molecule has 0 radical (unpaired) electrons. The summed E-state index contributed by atoms with van der Waals surface area (Å²) in [6.45, 7) is 1.94. The lowest BCUT2D eigenvalue weighted by Gasteiger charge is -2.05. The normalized spacial score (nSPS) is 10.8. The molecule has 0 aromatic heterocycles. The van der Waals surface area contributed by atoms with Gasteiger partial charge in [-0.1, -0.05) is 53.5 Å². The van der Waals surface area contributed by atoms with Crippen molar-refractivity contribution in [3.05, 3.63) is 69.7 Å². The Bertz CT molecular complexity index is 665. The number of anilines is 1. The third-order valence-corrected chi connectivity index (χ3v) is 3.63. The minimum atomic E-state index is -0.213. The third-order valence-electron chi connectivity index (χ3n) is 2.80. The number of carbonyl (C=O) groups excluding carboxylic acids is 1. The molecule has 0 aliphatic carbocycles. The summed E-state index contributed by atoms with van der Waals surface area (Å²) in [5, 5.41) is 3.72. The zero-order valence-electron chi connectivity index (χ0n) is 10.9. The summed E-state index contributed by atoms with van der Waals surface area (Å²) in [5.41, 5.74) is 2.51. The van der Waals surface area contributed by atoms with Crippen LogP contribution in [0.3, 0.4) is 0 Å². The first kappa shape index (κ1) is 14.6. The van der Waals surface area contributed by atoms with E-state index in [4.69, 9.17) is 23.2 Å². The maximum absolute atomic E-state index is 11.9. The van der Waals surface area contributed by atoms with Crippen molar-refractivity contribution >= 4 is 40.9 Å². The lowest BCUT2D eigenvalue weighted by molar-refractivity contribution is -0.111. The molecule has 0 atom stereocenters. The molecule has 0 unspecified atom stereocenters. The number of aryl methyl sites for hydroxylation is 1. The fourth-order valence-corrected chi connectivity index (χ4v) is 2.07. The number of para-hydroxylation sites is 1. The number of nitrogens with one attached hydrogen (secondary N) is 1. The van der Waals surface area contributed by atoms with E-state index in [-0.39, 0.29) is 5.91 Å². The first-order valence-electron chi connectivity index (χ1n) is 6.06. The Kier molecular flexibility index (Phi) is 4.83.